The highest BCUT2D eigenvalue weighted by Gasteiger charge is 2.12. The van der Waals surface area contributed by atoms with E-state index in [1.54, 1.807) is 12.1 Å². The van der Waals surface area contributed by atoms with Gasteiger partial charge in [0.1, 0.15) is 5.75 Å². The van der Waals surface area contributed by atoms with Crippen molar-refractivity contribution in [2.75, 3.05) is 20.0 Å². The van der Waals surface area contributed by atoms with Crippen molar-refractivity contribution in [1.82, 2.24) is 0 Å². The maximum Gasteiger partial charge on any atom is 0.179 e. The summed E-state index contributed by atoms with van der Waals surface area (Å²) < 4.78 is 34.0. The molecule has 0 heterocycles. The number of carbonyl (C=O) groups excluding carboxylic acids is 1. The summed E-state index contributed by atoms with van der Waals surface area (Å²) in [6, 6.07) is 8.97. The van der Waals surface area contributed by atoms with Gasteiger partial charge in [-0.25, -0.2) is 8.42 Å². The van der Waals surface area contributed by atoms with Gasteiger partial charge in [-0.3, -0.25) is 4.79 Å². The third-order valence-corrected chi connectivity index (χ3v) is 4.92. The van der Waals surface area contributed by atoms with Gasteiger partial charge in [-0.15, -0.1) is 0 Å². The molecule has 8 heteroatoms. The average molecular weight is 404 g/mol. The van der Waals surface area contributed by atoms with Crippen molar-refractivity contribution < 1.29 is 32.9 Å². The molecule has 0 aliphatic carbocycles. The molecular formula is C20H20O7S. The zero-order valence-corrected chi connectivity index (χ0v) is 16.1. The van der Waals surface area contributed by atoms with Crippen molar-refractivity contribution in [2.45, 2.75) is 0 Å². The molecule has 0 aliphatic heterocycles. The van der Waals surface area contributed by atoms with Crippen molar-refractivity contribution in [3.8, 4) is 23.0 Å². The van der Waals surface area contributed by atoms with Crippen LogP contribution in [0.15, 0.2) is 47.9 Å². The van der Waals surface area contributed by atoms with E-state index in [1.165, 1.54) is 50.6 Å². The second kappa shape index (κ2) is 9.09. The van der Waals surface area contributed by atoms with Gasteiger partial charge in [-0.05, 0) is 47.5 Å². The van der Waals surface area contributed by atoms with Crippen LogP contribution in [0.2, 0.25) is 0 Å². The summed E-state index contributed by atoms with van der Waals surface area (Å²) in [7, 11) is -0.974. The number of benzene rings is 2. The lowest BCUT2D eigenvalue weighted by atomic mass is 10.2. The molecule has 0 amide bonds. The molecule has 0 radical (unpaired) electrons. The van der Waals surface area contributed by atoms with Crippen LogP contribution >= 0.6 is 0 Å². The minimum atomic E-state index is -3.79. The molecule has 2 aromatic carbocycles. The van der Waals surface area contributed by atoms with Gasteiger partial charge < -0.3 is 19.7 Å². The van der Waals surface area contributed by atoms with Gasteiger partial charge in [0, 0.05) is 5.41 Å². The number of rotatable bonds is 8. The minimum Gasteiger partial charge on any atom is -0.504 e. The minimum absolute atomic E-state index is 0.0876. The number of hydrogen-bond donors (Lipinski definition) is 2. The Morgan fingerprint density at radius 2 is 1.43 bits per heavy atom. The number of ether oxygens (including phenoxy) is 2. The molecule has 28 heavy (non-hydrogen) atoms. The first-order valence-electron chi connectivity index (χ1n) is 8.10. The Labute approximate surface area is 163 Å². The van der Waals surface area contributed by atoms with Gasteiger partial charge >= 0.3 is 0 Å². The SMILES string of the molecule is COc1ccc(/C=C/C(=O)CS(=O)(=O)/C=C/c2ccc(OC)c(O)c2)cc1O. The van der Waals surface area contributed by atoms with E-state index < -0.39 is 21.4 Å². The lowest BCUT2D eigenvalue weighted by Gasteiger charge is -2.03. The topological polar surface area (TPSA) is 110 Å². The molecular weight excluding hydrogens is 384 g/mol. The van der Waals surface area contributed by atoms with Crippen LogP contribution < -0.4 is 9.47 Å². The highest BCUT2D eigenvalue weighted by Crippen LogP contribution is 2.27. The van der Waals surface area contributed by atoms with E-state index in [0.717, 1.165) is 11.5 Å². The van der Waals surface area contributed by atoms with Gasteiger partial charge in [-0.2, -0.15) is 0 Å². The fourth-order valence-electron chi connectivity index (χ4n) is 2.29. The Bertz CT molecular complexity index is 1020. The molecule has 0 spiro atoms. The summed E-state index contributed by atoms with van der Waals surface area (Å²) in [5.74, 6) is -0.966. The van der Waals surface area contributed by atoms with Gasteiger partial charge in [-0.1, -0.05) is 18.2 Å². The first kappa shape index (κ1) is 21.0. The number of carbonyl (C=O) groups is 1. The lowest BCUT2D eigenvalue weighted by molar-refractivity contribution is -0.112. The van der Waals surface area contributed by atoms with Crippen molar-refractivity contribution >= 4 is 27.8 Å². The van der Waals surface area contributed by atoms with Crippen LogP contribution in [-0.4, -0.2) is 44.4 Å². The summed E-state index contributed by atoms with van der Waals surface area (Å²) in [6.45, 7) is 0. The number of hydrogen-bond acceptors (Lipinski definition) is 7. The first-order chi connectivity index (χ1) is 13.2. The fraction of sp³-hybridized carbons (Fsp3) is 0.150. The molecule has 2 N–H and O–H groups in total. The quantitative estimate of drug-likeness (QED) is 0.651. The number of allylic oxidation sites excluding steroid dienone is 1. The predicted molar refractivity (Wildman–Crippen MR) is 106 cm³/mol. The van der Waals surface area contributed by atoms with E-state index in [4.69, 9.17) is 9.47 Å². The summed E-state index contributed by atoms with van der Waals surface area (Å²) in [5, 5.41) is 20.3. The van der Waals surface area contributed by atoms with Gasteiger partial charge in [0.25, 0.3) is 0 Å². The number of sulfone groups is 1. The van der Waals surface area contributed by atoms with E-state index in [1.807, 2.05) is 0 Å². The number of phenolic OH excluding ortho intramolecular Hbond substituents is 2. The third-order valence-electron chi connectivity index (χ3n) is 3.68. The number of methoxy groups -OCH3 is 2. The molecule has 0 atom stereocenters. The van der Waals surface area contributed by atoms with Crippen LogP contribution in [0.1, 0.15) is 11.1 Å². The number of phenols is 2. The molecule has 2 rings (SSSR count). The highest BCUT2D eigenvalue weighted by atomic mass is 32.2. The van der Waals surface area contributed by atoms with E-state index >= 15 is 0 Å². The van der Waals surface area contributed by atoms with Gasteiger partial charge in [0.2, 0.25) is 0 Å². The molecule has 0 aliphatic rings. The number of aromatic hydroxyl groups is 2. The molecule has 2 aromatic rings. The molecule has 148 valence electrons. The van der Waals surface area contributed by atoms with Crippen molar-refractivity contribution in [3.63, 3.8) is 0 Å². The standard InChI is InChI=1S/C20H20O7S/c1-26-19-7-4-14(11-17(19)22)3-6-16(21)13-28(24,25)10-9-15-5-8-20(27-2)18(23)12-15/h3-12,22-23H,13H2,1-2H3/b6-3+,10-9+. The molecule has 0 bridgehead atoms. The molecule has 7 nitrogen and oxygen atoms in total. The zero-order chi connectivity index (χ0) is 20.7. The van der Waals surface area contributed by atoms with Crippen molar-refractivity contribution in [3.05, 3.63) is 59.0 Å². The van der Waals surface area contributed by atoms with Crippen LogP contribution in [-0.2, 0) is 14.6 Å². The fourth-order valence-corrected chi connectivity index (χ4v) is 3.24. The third kappa shape index (κ3) is 5.88. The first-order valence-corrected chi connectivity index (χ1v) is 9.81. The average Bonchev–Trinajstić information content (AvgIpc) is 2.64. The van der Waals surface area contributed by atoms with Crippen LogP contribution in [0, 0.1) is 0 Å². The summed E-state index contributed by atoms with van der Waals surface area (Å²) in [4.78, 5) is 11.9. The summed E-state index contributed by atoms with van der Waals surface area (Å²) in [6.07, 6.45) is 3.82. The van der Waals surface area contributed by atoms with E-state index in [0.29, 0.717) is 16.9 Å². The Morgan fingerprint density at radius 1 is 0.929 bits per heavy atom. The van der Waals surface area contributed by atoms with E-state index in [2.05, 4.69) is 0 Å². The zero-order valence-electron chi connectivity index (χ0n) is 15.3. The molecule has 0 saturated heterocycles. The molecule has 0 saturated carbocycles. The van der Waals surface area contributed by atoms with E-state index in [9.17, 15) is 23.4 Å². The van der Waals surface area contributed by atoms with Crippen LogP contribution in [0.5, 0.6) is 23.0 Å². The summed E-state index contributed by atoms with van der Waals surface area (Å²) in [5.41, 5.74) is 0.965. The van der Waals surface area contributed by atoms with Crippen LogP contribution in [0.25, 0.3) is 12.2 Å². The summed E-state index contributed by atoms with van der Waals surface area (Å²) >= 11 is 0. The largest absolute Gasteiger partial charge is 0.504 e. The van der Waals surface area contributed by atoms with Crippen LogP contribution in [0.4, 0.5) is 0 Å². The normalized spacial score (nSPS) is 11.8. The Kier molecular flexibility index (Phi) is 6.84. The molecule has 0 fully saturated rings. The Morgan fingerprint density at radius 3 is 1.89 bits per heavy atom. The maximum atomic E-state index is 12.1. The monoisotopic (exact) mass is 404 g/mol. The van der Waals surface area contributed by atoms with Crippen molar-refractivity contribution in [1.29, 1.82) is 0 Å². The molecule has 0 unspecified atom stereocenters. The maximum absolute atomic E-state index is 12.1. The second-order valence-electron chi connectivity index (χ2n) is 5.77. The Balaban J connectivity index is 2.03. The molecule has 0 aromatic heterocycles. The lowest BCUT2D eigenvalue weighted by Crippen LogP contribution is -2.11. The number of ketones is 1. The highest BCUT2D eigenvalue weighted by molar-refractivity contribution is 7.95. The predicted octanol–water partition coefficient (Wildman–Crippen LogP) is 2.78. The smallest absolute Gasteiger partial charge is 0.179 e. The van der Waals surface area contributed by atoms with E-state index in [-0.39, 0.29) is 17.2 Å². The Hall–Kier alpha value is -3.26. The van der Waals surface area contributed by atoms with Gasteiger partial charge in [0.05, 0.1) is 14.2 Å². The van der Waals surface area contributed by atoms with Crippen molar-refractivity contribution in [2.24, 2.45) is 0 Å². The van der Waals surface area contributed by atoms with Crippen LogP contribution in [0.3, 0.4) is 0 Å². The second-order valence-corrected chi connectivity index (χ2v) is 7.66. The van der Waals surface area contributed by atoms with Gasteiger partial charge in [0.15, 0.2) is 38.6 Å².